The maximum atomic E-state index is 12.1. The second-order valence-corrected chi connectivity index (χ2v) is 4.22. The van der Waals surface area contributed by atoms with Gasteiger partial charge in [-0.05, 0) is 18.1 Å². The fourth-order valence-corrected chi connectivity index (χ4v) is 1.97. The molecular formula is C13H18N2O2. The molecule has 1 amide bonds. The Kier molecular flexibility index (Phi) is 3.98. The number of hydrogen-bond donors (Lipinski definition) is 1. The molecule has 0 unspecified atom stereocenters. The molecule has 0 bridgehead atoms. The van der Waals surface area contributed by atoms with Crippen LogP contribution in [0.3, 0.4) is 0 Å². The van der Waals surface area contributed by atoms with Gasteiger partial charge in [0.05, 0.1) is 13.0 Å². The van der Waals surface area contributed by atoms with Gasteiger partial charge < -0.3 is 15.4 Å². The van der Waals surface area contributed by atoms with Crippen LogP contribution in [0.5, 0.6) is 0 Å². The number of ether oxygens (including phenoxy) is 1. The topological polar surface area (TPSA) is 55.6 Å². The highest BCUT2D eigenvalue weighted by Gasteiger charge is 2.16. The Morgan fingerprint density at radius 3 is 2.94 bits per heavy atom. The monoisotopic (exact) mass is 234 g/mol. The van der Waals surface area contributed by atoms with Crippen molar-refractivity contribution in [3.8, 4) is 0 Å². The SMILES string of the molecule is Nc1ccccc1CC(=O)N1CCCOCC1. The molecule has 4 heteroatoms. The standard InChI is InChI=1S/C13H18N2O2/c14-12-5-2-1-4-11(12)10-13(16)15-6-3-8-17-9-7-15/h1-2,4-5H,3,6-10,14H2. The minimum Gasteiger partial charge on any atom is -0.398 e. The zero-order valence-corrected chi connectivity index (χ0v) is 9.89. The predicted octanol–water partition coefficient (Wildman–Crippen LogP) is 1.06. The van der Waals surface area contributed by atoms with Crippen LogP contribution in [0.25, 0.3) is 0 Å². The highest BCUT2D eigenvalue weighted by atomic mass is 16.5. The molecule has 92 valence electrons. The van der Waals surface area contributed by atoms with E-state index in [4.69, 9.17) is 10.5 Å². The Balaban J connectivity index is 1.98. The van der Waals surface area contributed by atoms with Crippen molar-refractivity contribution in [3.05, 3.63) is 29.8 Å². The van der Waals surface area contributed by atoms with Gasteiger partial charge in [0.2, 0.25) is 5.91 Å². The van der Waals surface area contributed by atoms with Crippen molar-refractivity contribution in [2.45, 2.75) is 12.8 Å². The van der Waals surface area contributed by atoms with E-state index in [0.29, 0.717) is 25.3 Å². The molecular weight excluding hydrogens is 216 g/mol. The third-order valence-corrected chi connectivity index (χ3v) is 2.97. The Labute approximate surface area is 101 Å². The van der Waals surface area contributed by atoms with Crippen molar-refractivity contribution in [1.82, 2.24) is 4.90 Å². The molecule has 0 radical (unpaired) electrons. The first-order valence-corrected chi connectivity index (χ1v) is 5.96. The largest absolute Gasteiger partial charge is 0.398 e. The van der Waals surface area contributed by atoms with E-state index in [1.807, 2.05) is 29.2 Å². The average molecular weight is 234 g/mol. The number of carbonyl (C=O) groups excluding carboxylic acids is 1. The van der Waals surface area contributed by atoms with E-state index in [1.54, 1.807) is 0 Å². The smallest absolute Gasteiger partial charge is 0.227 e. The highest BCUT2D eigenvalue weighted by Crippen LogP contribution is 2.13. The van der Waals surface area contributed by atoms with Crippen LogP contribution in [-0.2, 0) is 16.0 Å². The van der Waals surface area contributed by atoms with Crippen LogP contribution < -0.4 is 5.73 Å². The molecule has 0 atom stereocenters. The van der Waals surface area contributed by atoms with Crippen LogP contribution >= 0.6 is 0 Å². The molecule has 17 heavy (non-hydrogen) atoms. The van der Waals surface area contributed by atoms with Crippen molar-refractivity contribution in [2.24, 2.45) is 0 Å². The molecule has 1 aliphatic heterocycles. The van der Waals surface area contributed by atoms with Gasteiger partial charge in [0.15, 0.2) is 0 Å². The third-order valence-electron chi connectivity index (χ3n) is 2.97. The van der Waals surface area contributed by atoms with Gasteiger partial charge in [-0.15, -0.1) is 0 Å². The number of para-hydroxylation sites is 1. The highest BCUT2D eigenvalue weighted by molar-refractivity contribution is 5.80. The molecule has 1 heterocycles. The Morgan fingerprint density at radius 2 is 2.12 bits per heavy atom. The summed E-state index contributed by atoms with van der Waals surface area (Å²) in [5, 5.41) is 0. The van der Waals surface area contributed by atoms with Crippen molar-refractivity contribution >= 4 is 11.6 Å². The summed E-state index contributed by atoms with van der Waals surface area (Å²) in [7, 11) is 0. The molecule has 0 saturated carbocycles. The molecule has 2 rings (SSSR count). The molecule has 1 aliphatic rings. The minimum atomic E-state index is 0.133. The van der Waals surface area contributed by atoms with E-state index in [-0.39, 0.29) is 5.91 Å². The van der Waals surface area contributed by atoms with E-state index in [2.05, 4.69) is 0 Å². The van der Waals surface area contributed by atoms with Crippen LogP contribution in [0.15, 0.2) is 24.3 Å². The van der Waals surface area contributed by atoms with Crippen molar-refractivity contribution in [2.75, 3.05) is 32.0 Å². The number of anilines is 1. The van der Waals surface area contributed by atoms with Gasteiger partial charge in [0.25, 0.3) is 0 Å². The zero-order valence-electron chi connectivity index (χ0n) is 9.89. The molecule has 0 aliphatic carbocycles. The fraction of sp³-hybridized carbons (Fsp3) is 0.462. The predicted molar refractivity (Wildman–Crippen MR) is 66.6 cm³/mol. The van der Waals surface area contributed by atoms with E-state index >= 15 is 0 Å². The maximum Gasteiger partial charge on any atom is 0.227 e. The number of carbonyl (C=O) groups is 1. The molecule has 1 aromatic rings. The molecule has 0 aromatic heterocycles. The van der Waals surface area contributed by atoms with Crippen LogP contribution in [-0.4, -0.2) is 37.1 Å². The number of rotatable bonds is 2. The summed E-state index contributed by atoms with van der Waals surface area (Å²) < 4.78 is 5.33. The summed E-state index contributed by atoms with van der Waals surface area (Å²) in [6.45, 7) is 2.85. The van der Waals surface area contributed by atoms with Crippen molar-refractivity contribution in [3.63, 3.8) is 0 Å². The van der Waals surface area contributed by atoms with Crippen LogP contribution in [0.1, 0.15) is 12.0 Å². The van der Waals surface area contributed by atoms with Gasteiger partial charge in [0.1, 0.15) is 0 Å². The third kappa shape index (κ3) is 3.20. The molecule has 4 nitrogen and oxygen atoms in total. The second-order valence-electron chi connectivity index (χ2n) is 4.22. The van der Waals surface area contributed by atoms with E-state index in [0.717, 1.165) is 25.1 Å². The molecule has 0 spiro atoms. The lowest BCUT2D eigenvalue weighted by Gasteiger charge is -2.19. The summed E-state index contributed by atoms with van der Waals surface area (Å²) in [6, 6.07) is 7.52. The van der Waals surface area contributed by atoms with Crippen LogP contribution in [0, 0.1) is 0 Å². The lowest BCUT2D eigenvalue weighted by atomic mass is 10.1. The number of amides is 1. The summed E-state index contributed by atoms with van der Waals surface area (Å²) in [4.78, 5) is 13.9. The number of nitrogen functional groups attached to an aromatic ring is 1. The first-order valence-electron chi connectivity index (χ1n) is 5.96. The van der Waals surface area contributed by atoms with Gasteiger partial charge >= 0.3 is 0 Å². The van der Waals surface area contributed by atoms with Crippen molar-refractivity contribution in [1.29, 1.82) is 0 Å². The molecule has 1 fully saturated rings. The van der Waals surface area contributed by atoms with Gasteiger partial charge in [0, 0.05) is 25.4 Å². The first-order chi connectivity index (χ1) is 8.27. The number of hydrogen-bond acceptors (Lipinski definition) is 3. The van der Waals surface area contributed by atoms with E-state index < -0.39 is 0 Å². The average Bonchev–Trinajstić information content (AvgIpc) is 2.61. The normalized spacial score (nSPS) is 16.6. The number of nitrogens with zero attached hydrogens (tertiary/aromatic N) is 1. The Hall–Kier alpha value is -1.55. The second kappa shape index (κ2) is 5.68. The molecule has 1 aromatic carbocycles. The zero-order chi connectivity index (χ0) is 12.1. The Bertz CT molecular complexity index is 385. The lowest BCUT2D eigenvalue weighted by Crippen LogP contribution is -2.34. The van der Waals surface area contributed by atoms with E-state index in [1.165, 1.54) is 0 Å². The first kappa shape index (κ1) is 11.9. The van der Waals surface area contributed by atoms with Crippen LogP contribution in [0.4, 0.5) is 5.69 Å². The number of benzene rings is 1. The summed E-state index contributed by atoms with van der Waals surface area (Å²) in [6.07, 6.45) is 1.29. The maximum absolute atomic E-state index is 12.1. The van der Waals surface area contributed by atoms with Gasteiger partial charge in [-0.3, -0.25) is 4.79 Å². The molecule has 1 saturated heterocycles. The quantitative estimate of drug-likeness (QED) is 0.778. The van der Waals surface area contributed by atoms with Crippen LogP contribution in [0.2, 0.25) is 0 Å². The van der Waals surface area contributed by atoms with Gasteiger partial charge in [-0.25, -0.2) is 0 Å². The minimum absolute atomic E-state index is 0.133. The Morgan fingerprint density at radius 1 is 1.29 bits per heavy atom. The van der Waals surface area contributed by atoms with Gasteiger partial charge in [-0.1, -0.05) is 18.2 Å². The summed E-state index contributed by atoms with van der Waals surface area (Å²) in [5.74, 6) is 0.133. The number of nitrogens with two attached hydrogens (primary N) is 1. The van der Waals surface area contributed by atoms with Crippen molar-refractivity contribution < 1.29 is 9.53 Å². The van der Waals surface area contributed by atoms with E-state index in [9.17, 15) is 4.79 Å². The molecule has 2 N–H and O–H groups in total. The fourth-order valence-electron chi connectivity index (χ4n) is 1.97. The lowest BCUT2D eigenvalue weighted by molar-refractivity contribution is -0.130. The summed E-state index contributed by atoms with van der Waals surface area (Å²) in [5.41, 5.74) is 7.43. The summed E-state index contributed by atoms with van der Waals surface area (Å²) >= 11 is 0. The van der Waals surface area contributed by atoms with Gasteiger partial charge in [-0.2, -0.15) is 0 Å².